The quantitative estimate of drug-likeness (QED) is 0.890. The lowest BCUT2D eigenvalue weighted by atomic mass is 9.74. The fourth-order valence-electron chi connectivity index (χ4n) is 2.66. The highest BCUT2D eigenvalue weighted by atomic mass is 32.1. The summed E-state index contributed by atoms with van der Waals surface area (Å²) in [6, 6.07) is 0.470. The minimum absolute atomic E-state index is 0.0533. The molecule has 0 aliphatic heterocycles. The molecule has 3 nitrogen and oxygen atoms in total. The van der Waals surface area contributed by atoms with E-state index in [-0.39, 0.29) is 5.54 Å². The second-order valence-corrected chi connectivity index (χ2v) is 6.73. The molecule has 1 saturated carbocycles. The summed E-state index contributed by atoms with van der Waals surface area (Å²) in [7, 11) is 0. The van der Waals surface area contributed by atoms with E-state index in [1.807, 2.05) is 11.3 Å². The first kappa shape index (κ1) is 14.0. The molecular formula is C14H24N2OS. The van der Waals surface area contributed by atoms with Gasteiger partial charge in [-0.05, 0) is 47.5 Å². The Morgan fingerprint density at radius 2 is 2.11 bits per heavy atom. The Bertz CT molecular complexity index is 388. The first-order valence-corrected chi connectivity index (χ1v) is 7.62. The van der Waals surface area contributed by atoms with E-state index in [9.17, 15) is 0 Å². The van der Waals surface area contributed by atoms with Gasteiger partial charge in [-0.1, -0.05) is 0 Å². The van der Waals surface area contributed by atoms with Crippen molar-refractivity contribution in [3.63, 3.8) is 0 Å². The van der Waals surface area contributed by atoms with Crippen LogP contribution in [0.2, 0.25) is 0 Å². The normalized spacial score (nSPS) is 27.6. The van der Waals surface area contributed by atoms with Gasteiger partial charge in [0.15, 0.2) is 0 Å². The summed E-state index contributed by atoms with van der Waals surface area (Å²) in [6.45, 7) is 11.5. The largest absolute Gasteiger partial charge is 0.378 e. The first-order chi connectivity index (χ1) is 8.47. The summed E-state index contributed by atoms with van der Waals surface area (Å²) in [5, 5.41) is 4.94. The second-order valence-electron chi connectivity index (χ2n) is 5.53. The van der Waals surface area contributed by atoms with Gasteiger partial charge in [0.05, 0.1) is 17.3 Å². The van der Waals surface area contributed by atoms with E-state index in [0.29, 0.717) is 12.1 Å². The van der Waals surface area contributed by atoms with Crippen molar-refractivity contribution in [3.05, 3.63) is 15.6 Å². The zero-order chi connectivity index (χ0) is 13.3. The Morgan fingerprint density at radius 1 is 1.44 bits per heavy atom. The number of hydrogen-bond donors (Lipinski definition) is 1. The minimum atomic E-state index is 0.0533. The lowest BCUT2D eigenvalue weighted by Crippen LogP contribution is -2.57. The molecule has 1 fully saturated rings. The van der Waals surface area contributed by atoms with Crippen LogP contribution in [0.5, 0.6) is 0 Å². The van der Waals surface area contributed by atoms with Gasteiger partial charge >= 0.3 is 0 Å². The number of rotatable bonds is 5. The van der Waals surface area contributed by atoms with Crippen molar-refractivity contribution in [2.75, 3.05) is 6.61 Å². The van der Waals surface area contributed by atoms with Crippen LogP contribution in [0.15, 0.2) is 0 Å². The first-order valence-electron chi connectivity index (χ1n) is 6.80. The van der Waals surface area contributed by atoms with E-state index >= 15 is 0 Å². The van der Waals surface area contributed by atoms with Gasteiger partial charge in [-0.2, -0.15) is 0 Å². The molecule has 0 bridgehead atoms. The molecule has 1 N–H and O–H groups in total. The van der Waals surface area contributed by atoms with Gasteiger partial charge in [-0.3, -0.25) is 0 Å². The van der Waals surface area contributed by atoms with Crippen LogP contribution in [0.3, 0.4) is 0 Å². The van der Waals surface area contributed by atoms with Crippen molar-refractivity contribution in [1.29, 1.82) is 0 Å². The summed E-state index contributed by atoms with van der Waals surface area (Å²) in [5.74, 6) is 0. The third-order valence-electron chi connectivity index (χ3n) is 3.56. The predicted octanol–water partition coefficient (Wildman–Crippen LogP) is 3.15. The highest BCUT2D eigenvalue weighted by molar-refractivity contribution is 7.11. The van der Waals surface area contributed by atoms with Gasteiger partial charge in [0.1, 0.15) is 5.01 Å². The number of nitrogens with one attached hydrogen (secondary N) is 1. The summed E-state index contributed by atoms with van der Waals surface area (Å²) in [5.41, 5.74) is 1.22. The van der Waals surface area contributed by atoms with Crippen LogP contribution in [0.1, 0.15) is 49.2 Å². The van der Waals surface area contributed by atoms with Crippen molar-refractivity contribution < 1.29 is 4.74 Å². The SMILES string of the molecule is CCOC1CC(NC(C)C)(c2nc(C)c(C)s2)C1. The molecule has 102 valence electrons. The van der Waals surface area contributed by atoms with E-state index in [2.05, 4.69) is 39.9 Å². The molecular weight excluding hydrogens is 244 g/mol. The highest BCUT2D eigenvalue weighted by Gasteiger charge is 2.48. The molecule has 0 radical (unpaired) electrons. The standard InChI is InChI=1S/C14H24N2OS/c1-6-17-12-7-14(8-12,16-9(2)3)13-15-10(4)11(5)18-13/h9,12,16H,6-8H2,1-5H3. The second kappa shape index (κ2) is 5.27. The third kappa shape index (κ3) is 2.60. The van der Waals surface area contributed by atoms with Gasteiger partial charge < -0.3 is 10.1 Å². The topological polar surface area (TPSA) is 34.1 Å². The Labute approximate surface area is 114 Å². The zero-order valence-electron chi connectivity index (χ0n) is 12.0. The molecule has 0 atom stereocenters. The highest BCUT2D eigenvalue weighted by Crippen LogP contribution is 2.45. The van der Waals surface area contributed by atoms with Crippen molar-refractivity contribution in [1.82, 2.24) is 10.3 Å². The summed E-state index contributed by atoms with van der Waals surface area (Å²) in [6.07, 6.45) is 2.49. The van der Waals surface area contributed by atoms with Crippen LogP contribution in [0.4, 0.5) is 0 Å². The van der Waals surface area contributed by atoms with Crippen molar-refractivity contribution >= 4 is 11.3 Å². The number of ether oxygens (including phenoxy) is 1. The molecule has 0 unspecified atom stereocenters. The summed E-state index contributed by atoms with van der Waals surface area (Å²) < 4.78 is 5.71. The van der Waals surface area contributed by atoms with Crippen LogP contribution < -0.4 is 5.32 Å². The Morgan fingerprint density at radius 3 is 2.56 bits per heavy atom. The number of hydrogen-bond acceptors (Lipinski definition) is 4. The van der Waals surface area contributed by atoms with E-state index in [4.69, 9.17) is 9.72 Å². The van der Waals surface area contributed by atoms with Crippen molar-refractivity contribution in [2.45, 2.75) is 65.1 Å². The van der Waals surface area contributed by atoms with Crippen LogP contribution in [0, 0.1) is 13.8 Å². The van der Waals surface area contributed by atoms with Crippen molar-refractivity contribution in [2.24, 2.45) is 0 Å². The Kier molecular flexibility index (Phi) is 4.09. The molecule has 1 aliphatic carbocycles. The number of aromatic nitrogens is 1. The monoisotopic (exact) mass is 268 g/mol. The van der Waals surface area contributed by atoms with Gasteiger partial charge in [0.25, 0.3) is 0 Å². The molecule has 1 heterocycles. The Balaban J connectivity index is 2.17. The average molecular weight is 268 g/mol. The molecule has 0 aromatic carbocycles. The predicted molar refractivity (Wildman–Crippen MR) is 76.2 cm³/mol. The van der Waals surface area contributed by atoms with E-state index in [0.717, 1.165) is 19.4 Å². The molecule has 1 aromatic rings. The number of aryl methyl sites for hydroxylation is 2. The van der Waals surface area contributed by atoms with E-state index in [1.54, 1.807) is 0 Å². The van der Waals surface area contributed by atoms with Crippen LogP contribution in [-0.2, 0) is 10.3 Å². The Hall–Kier alpha value is -0.450. The van der Waals surface area contributed by atoms with E-state index in [1.165, 1.54) is 15.6 Å². The van der Waals surface area contributed by atoms with Crippen molar-refractivity contribution in [3.8, 4) is 0 Å². The van der Waals surface area contributed by atoms with Crippen LogP contribution in [0.25, 0.3) is 0 Å². The maximum absolute atomic E-state index is 5.71. The van der Waals surface area contributed by atoms with Gasteiger partial charge in [0, 0.05) is 17.5 Å². The molecule has 2 rings (SSSR count). The maximum Gasteiger partial charge on any atom is 0.113 e. The molecule has 4 heteroatoms. The van der Waals surface area contributed by atoms with E-state index < -0.39 is 0 Å². The minimum Gasteiger partial charge on any atom is -0.378 e. The smallest absolute Gasteiger partial charge is 0.113 e. The third-order valence-corrected chi connectivity index (χ3v) is 4.83. The molecule has 18 heavy (non-hydrogen) atoms. The lowest BCUT2D eigenvalue weighted by molar-refractivity contribution is -0.0564. The fraction of sp³-hybridized carbons (Fsp3) is 0.786. The van der Waals surface area contributed by atoms with Gasteiger partial charge in [-0.15, -0.1) is 11.3 Å². The molecule has 0 spiro atoms. The van der Waals surface area contributed by atoms with Crippen LogP contribution in [-0.4, -0.2) is 23.7 Å². The summed E-state index contributed by atoms with van der Waals surface area (Å²) >= 11 is 1.83. The molecule has 0 saturated heterocycles. The summed E-state index contributed by atoms with van der Waals surface area (Å²) in [4.78, 5) is 6.08. The maximum atomic E-state index is 5.71. The lowest BCUT2D eigenvalue weighted by Gasteiger charge is -2.47. The van der Waals surface area contributed by atoms with Crippen LogP contribution >= 0.6 is 11.3 Å². The molecule has 1 aromatic heterocycles. The molecule has 1 aliphatic rings. The van der Waals surface area contributed by atoms with Gasteiger partial charge in [-0.25, -0.2) is 4.98 Å². The number of nitrogens with zero attached hydrogens (tertiary/aromatic N) is 1. The zero-order valence-corrected chi connectivity index (χ0v) is 12.9. The molecule has 0 amide bonds. The number of thiazole rings is 1. The van der Waals surface area contributed by atoms with Gasteiger partial charge in [0.2, 0.25) is 0 Å². The fourth-order valence-corrected chi connectivity index (χ4v) is 3.74. The average Bonchev–Trinajstić information content (AvgIpc) is 2.55.